The third kappa shape index (κ3) is 5.05. The van der Waals surface area contributed by atoms with Crippen molar-refractivity contribution in [2.75, 3.05) is 47.4 Å². The molecule has 13 nitrogen and oxygen atoms in total. The van der Waals surface area contributed by atoms with Crippen LogP contribution in [0.25, 0.3) is 16.9 Å². The number of benzene rings is 2. The topological polar surface area (TPSA) is 194 Å². The third-order valence-corrected chi connectivity index (χ3v) is 10.1. The number of Topliss-reactive ketones (excluding diaryl/α,β-unsaturated/α-hetero) is 2. The zero-order valence-corrected chi connectivity index (χ0v) is 26.4. The fraction of sp³-hybridized carbons (Fsp3) is 0.412. The molecular weight excluding hydrogens is 608 g/mol. The lowest BCUT2D eigenvalue weighted by atomic mass is 9.57. The summed E-state index contributed by atoms with van der Waals surface area (Å²) in [5.74, 6) is -6.82. The number of carbonyl (C=O) groups excluding carboxylic acids is 4. The van der Waals surface area contributed by atoms with Crippen molar-refractivity contribution in [1.29, 1.82) is 0 Å². The molecule has 1 heterocycles. The normalized spacial score (nSPS) is 26.2. The van der Waals surface area contributed by atoms with Crippen LogP contribution in [0.4, 0.5) is 4.79 Å². The van der Waals surface area contributed by atoms with Crippen molar-refractivity contribution in [3.8, 4) is 16.9 Å². The molecular formula is C34H38N4O9. The van der Waals surface area contributed by atoms with Crippen LogP contribution < -0.4 is 5.73 Å². The van der Waals surface area contributed by atoms with Gasteiger partial charge in [0.25, 0.3) is 5.91 Å². The molecule has 0 bridgehead atoms. The van der Waals surface area contributed by atoms with Crippen molar-refractivity contribution in [2.24, 2.45) is 17.6 Å². The highest BCUT2D eigenvalue weighted by Crippen LogP contribution is 2.53. The van der Waals surface area contributed by atoms with Crippen LogP contribution in [0.3, 0.4) is 0 Å². The van der Waals surface area contributed by atoms with Gasteiger partial charge >= 0.3 is 6.09 Å². The van der Waals surface area contributed by atoms with E-state index in [0.29, 0.717) is 38.3 Å². The summed E-state index contributed by atoms with van der Waals surface area (Å²) in [4.78, 5) is 56.8. The molecule has 2 aromatic rings. The second-order valence-corrected chi connectivity index (χ2v) is 12.9. The Balaban J connectivity index is 1.34. The van der Waals surface area contributed by atoms with Crippen molar-refractivity contribution in [3.63, 3.8) is 0 Å². The number of rotatable bonds is 5. The van der Waals surface area contributed by atoms with Crippen LogP contribution >= 0.6 is 0 Å². The number of phenols is 1. The summed E-state index contributed by atoms with van der Waals surface area (Å²) in [5.41, 5.74) is 4.95. The van der Waals surface area contributed by atoms with Gasteiger partial charge in [0, 0.05) is 44.2 Å². The maximum Gasteiger partial charge on any atom is 0.409 e. The number of aliphatic hydroxyl groups is 3. The maximum atomic E-state index is 14.1. The number of methoxy groups -OCH3 is 1. The minimum atomic E-state index is -2.68. The first-order chi connectivity index (χ1) is 22.3. The zero-order valence-electron chi connectivity index (χ0n) is 26.4. The summed E-state index contributed by atoms with van der Waals surface area (Å²) in [6, 6.07) is 9.91. The number of aromatic hydroxyl groups is 1. The Morgan fingerprint density at radius 2 is 1.68 bits per heavy atom. The first kappa shape index (κ1) is 32.2. The molecule has 0 aromatic heterocycles. The minimum absolute atomic E-state index is 0.0169. The Kier molecular flexibility index (Phi) is 8.10. The fourth-order valence-electron chi connectivity index (χ4n) is 7.78. The monoisotopic (exact) mass is 646 g/mol. The Bertz CT molecular complexity index is 1740. The summed E-state index contributed by atoms with van der Waals surface area (Å²) in [6.45, 7) is 3.28. The molecule has 0 radical (unpaired) electrons. The highest BCUT2D eigenvalue weighted by molar-refractivity contribution is 6.24. The summed E-state index contributed by atoms with van der Waals surface area (Å²) < 4.78 is 4.81. The molecule has 2 fully saturated rings. The minimum Gasteiger partial charge on any atom is -0.508 e. The van der Waals surface area contributed by atoms with Gasteiger partial charge in [0.1, 0.15) is 22.8 Å². The highest BCUT2D eigenvalue weighted by Gasteiger charge is 2.64. The van der Waals surface area contributed by atoms with Gasteiger partial charge in [0.2, 0.25) is 5.78 Å². The van der Waals surface area contributed by atoms with E-state index in [4.69, 9.17) is 10.5 Å². The van der Waals surface area contributed by atoms with Crippen LogP contribution in [0.2, 0.25) is 0 Å². The second kappa shape index (κ2) is 11.8. The number of carbonyl (C=O) groups is 4. The molecule has 248 valence electrons. The SMILES string of the molecule is COC(=O)N1CCN(Cc2ccc(-c3ccc(O)c4c3CC3CC5C(N(C)C)C(=O)C(C(N)=O)=C(O)C5(O)C(=O)C3=C4O)cc2)CC1. The van der Waals surface area contributed by atoms with Crippen molar-refractivity contribution in [3.05, 3.63) is 70.0 Å². The number of ether oxygens (including phenoxy) is 1. The number of nitrogens with two attached hydrogens (primary N) is 1. The number of ketones is 2. The molecule has 2 amide bonds. The van der Waals surface area contributed by atoms with Crippen LogP contribution in [0.15, 0.2) is 53.3 Å². The number of hydrogen-bond donors (Lipinski definition) is 5. The number of piperazine rings is 1. The molecule has 3 aliphatic carbocycles. The molecule has 6 N–H and O–H groups in total. The summed E-state index contributed by atoms with van der Waals surface area (Å²) in [6.07, 6.45) is -0.113. The summed E-state index contributed by atoms with van der Waals surface area (Å²) in [7, 11) is 4.50. The van der Waals surface area contributed by atoms with Gasteiger partial charge in [-0.05, 0) is 61.2 Å². The van der Waals surface area contributed by atoms with Crippen molar-refractivity contribution in [2.45, 2.75) is 31.0 Å². The standard InChI is InChI=1S/C34H38N4O9/c1-36(2)27-22-15-19-14-21-20(18-6-4-17(5-7-18)16-37-10-12-38(13-11-37)33(45)47-3)8-9-23(39)25(21)28(40)24(19)30(42)34(22,46)31(43)26(29(27)41)32(35)44/h4-9,19,22,27,39-40,43,46H,10-16H2,1-3H3,(H2,35,44). The van der Waals surface area contributed by atoms with Crippen LogP contribution in [0.5, 0.6) is 5.75 Å². The van der Waals surface area contributed by atoms with Gasteiger partial charge in [-0.15, -0.1) is 0 Å². The van der Waals surface area contributed by atoms with Gasteiger partial charge in [-0.25, -0.2) is 4.79 Å². The molecule has 4 aliphatic rings. The lowest BCUT2D eigenvalue weighted by Crippen LogP contribution is -2.65. The molecule has 13 heteroatoms. The van der Waals surface area contributed by atoms with Crippen molar-refractivity contribution in [1.82, 2.24) is 14.7 Å². The number of likely N-dealkylation sites (N-methyl/N-ethyl adjacent to an activating group) is 1. The molecule has 6 rings (SSSR count). The molecule has 4 unspecified atom stereocenters. The van der Waals surface area contributed by atoms with Crippen LogP contribution in [-0.2, 0) is 32.1 Å². The maximum absolute atomic E-state index is 14.1. The van der Waals surface area contributed by atoms with Gasteiger partial charge in [-0.3, -0.25) is 24.2 Å². The lowest BCUT2D eigenvalue weighted by molar-refractivity contribution is -0.153. The first-order valence-electron chi connectivity index (χ1n) is 15.4. The molecule has 1 saturated carbocycles. The van der Waals surface area contributed by atoms with E-state index in [1.165, 1.54) is 18.1 Å². The van der Waals surface area contributed by atoms with E-state index in [1.807, 2.05) is 24.3 Å². The van der Waals surface area contributed by atoms with E-state index >= 15 is 0 Å². The number of phenolic OH excluding ortho intramolecular Hbond substituents is 1. The summed E-state index contributed by atoms with van der Waals surface area (Å²) >= 11 is 0. The van der Waals surface area contributed by atoms with Gasteiger partial charge in [-0.2, -0.15) is 0 Å². The van der Waals surface area contributed by atoms with Crippen molar-refractivity contribution < 1.29 is 44.3 Å². The molecule has 47 heavy (non-hydrogen) atoms. The Labute approximate surface area is 271 Å². The molecule has 0 spiro atoms. The van der Waals surface area contributed by atoms with Gasteiger partial charge < -0.3 is 35.8 Å². The second-order valence-electron chi connectivity index (χ2n) is 12.9. The fourth-order valence-corrected chi connectivity index (χ4v) is 7.78. The third-order valence-electron chi connectivity index (χ3n) is 10.1. The number of nitrogens with zero attached hydrogens (tertiary/aromatic N) is 3. The number of fused-ring (bicyclic) bond motifs is 3. The Hall–Kier alpha value is -4.72. The quantitative estimate of drug-likeness (QED) is 0.296. The molecule has 1 saturated heterocycles. The number of hydrogen-bond acceptors (Lipinski definition) is 11. The van der Waals surface area contributed by atoms with E-state index in [9.17, 15) is 39.6 Å². The van der Waals surface area contributed by atoms with Gasteiger partial charge in [-0.1, -0.05) is 30.3 Å². The average Bonchev–Trinajstić information content (AvgIpc) is 3.03. The largest absolute Gasteiger partial charge is 0.508 e. The predicted octanol–water partition coefficient (Wildman–Crippen LogP) is 1.52. The van der Waals surface area contributed by atoms with Gasteiger partial charge in [0.15, 0.2) is 11.4 Å². The van der Waals surface area contributed by atoms with E-state index in [2.05, 4.69) is 4.90 Å². The smallest absolute Gasteiger partial charge is 0.409 e. The zero-order chi connectivity index (χ0) is 33.9. The van der Waals surface area contributed by atoms with Gasteiger partial charge in [0.05, 0.1) is 18.7 Å². The van der Waals surface area contributed by atoms with E-state index in [-0.39, 0.29) is 35.8 Å². The Morgan fingerprint density at radius 3 is 2.28 bits per heavy atom. The van der Waals surface area contributed by atoms with Crippen molar-refractivity contribution >= 4 is 29.3 Å². The molecule has 2 aromatic carbocycles. The van der Waals surface area contributed by atoms with Crippen LogP contribution in [0.1, 0.15) is 23.1 Å². The number of aliphatic hydroxyl groups excluding tert-OH is 2. The number of amides is 2. The number of primary amides is 1. The molecule has 4 atom stereocenters. The average molecular weight is 647 g/mol. The van der Waals surface area contributed by atoms with E-state index in [0.717, 1.165) is 16.7 Å². The van der Waals surface area contributed by atoms with E-state index < -0.39 is 58.0 Å². The predicted molar refractivity (Wildman–Crippen MR) is 169 cm³/mol. The lowest BCUT2D eigenvalue weighted by Gasteiger charge is -2.50. The first-order valence-corrected chi connectivity index (χ1v) is 15.4. The van der Waals surface area contributed by atoms with Crippen LogP contribution in [-0.4, -0.2) is 118 Å². The molecule has 1 aliphatic heterocycles. The van der Waals surface area contributed by atoms with E-state index in [1.54, 1.807) is 25.1 Å². The highest BCUT2D eigenvalue weighted by atomic mass is 16.5. The summed E-state index contributed by atoms with van der Waals surface area (Å²) in [5, 5.41) is 45.3. The van der Waals surface area contributed by atoms with Crippen LogP contribution in [0, 0.1) is 11.8 Å². The Morgan fingerprint density at radius 1 is 1.02 bits per heavy atom.